The molecular formula is C24H17F3N6O5. The molecule has 194 valence electrons. The number of nitrogens with one attached hydrogen (secondary N) is 3. The van der Waals surface area contributed by atoms with Gasteiger partial charge < -0.3 is 15.4 Å². The average molecular weight is 526 g/mol. The quantitative estimate of drug-likeness (QED) is 0.164. The van der Waals surface area contributed by atoms with E-state index in [1.54, 1.807) is 12.1 Å². The molecule has 1 heterocycles. The van der Waals surface area contributed by atoms with E-state index in [2.05, 4.69) is 30.7 Å². The molecule has 0 spiro atoms. The Morgan fingerprint density at radius 3 is 2.34 bits per heavy atom. The molecule has 0 saturated carbocycles. The molecule has 4 rings (SSSR count). The molecule has 0 bridgehead atoms. The third-order valence-corrected chi connectivity index (χ3v) is 5.13. The molecule has 0 unspecified atom stereocenters. The first-order valence-corrected chi connectivity index (χ1v) is 10.7. The Morgan fingerprint density at radius 1 is 0.947 bits per heavy atom. The van der Waals surface area contributed by atoms with E-state index < -0.39 is 28.7 Å². The maximum absolute atomic E-state index is 13.0. The number of non-ortho nitro benzene ring substituents is 1. The summed E-state index contributed by atoms with van der Waals surface area (Å²) < 4.78 is 43.5. The van der Waals surface area contributed by atoms with Crippen molar-refractivity contribution in [2.24, 2.45) is 0 Å². The number of hydrogen-bond donors (Lipinski definition) is 3. The highest BCUT2D eigenvalue weighted by molar-refractivity contribution is 6.00. The van der Waals surface area contributed by atoms with Crippen LogP contribution < -0.4 is 16.0 Å². The van der Waals surface area contributed by atoms with E-state index in [4.69, 9.17) is 0 Å². The number of methoxy groups -OCH3 is 1. The molecule has 3 N–H and O–H groups in total. The number of halogens is 3. The molecule has 14 heteroatoms. The number of rotatable bonds is 6. The van der Waals surface area contributed by atoms with Crippen molar-refractivity contribution >= 4 is 51.7 Å². The Bertz CT molecular complexity index is 1540. The number of nitrogens with zero attached hydrogens (tertiary/aromatic N) is 3. The maximum Gasteiger partial charge on any atom is 0.416 e. The minimum Gasteiger partial charge on any atom is -0.465 e. The minimum absolute atomic E-state index is 0.0823. The fourth-order valence-corrected chi connectivity index (χ4v) is 3.36. The number of aromatic nitrogens is 2. The summed E-state index contributed by atoms with van der Waals surface area (Å²) in [6.07, 6.45) is -4.59. The Kier molecular flexibility index (Phi) is 7.05. The number of fused-ring (bicyclic) bond motifs is 1. The summed E-state index contributed by atoms with van der Waals surface area (Å²) in [6.45, 7) is 0. The summed E-state index contributed by atoms with van der Waals surface area (Å²) in [7, 11) is 1.24. The summed E-state index contributed by atoms with van der Waals surface area (Å²) in [6, 6.07) is 13.0. The third kappa shape index (κ3) is 5.92. The number of carbonyl (C=O) groups excluding carboxylic acids is 2. The van der Waals surface area contributed by atoms with E-state index in [1.165, 1.54) is 43.5 Å². The van der Waals surface area contributed by atoms with Crippen molar-refractivity contribution in [2.75, 3.05) is 23.1 Å². The van der Waals surface area contributed by atoms with Crippen LogP contribution in [0.25, 0.3) is 10.9 Å². The molecule has 0 aliphatic rings. The van der Waals surface area contributed by atoms with Crippen LogP contribution in [-0.2, 0) is 10.9 Å². The lowest BCUT2D eigenvalue weighted by atomic mass is 10.2. The lowest BCUT2D eigenvalue weighted by Crippen LogP contribution is -2.21. The van der Waals surface area contributed by atoms with Crippen LogP contribution in [0.5, 0.6) is 0 Å². The van der Waals surface area contributed by atoms with Crippen LogP contribution in [0, 0.1) is 10.1 Å². The fourth-order valence-electron chi connectivity index (χ4n) is 3.36. The molecule has 11 nitrogen and oxygen atoms in total. The molecule has 3 aromatic carbocycles. The summed E-state index contributed by atoms with van der Waals surface area (Å²) in [5.74, 6) is -0.693. The highest BCUT2D eigenvalue weighted by atomic mass is 19.4. The van der Waals surface area contributed by atoms with E-state index in [0.717, 1.165) is 18.2 Å². The average Bonchev–Trinajstić information content (AvgIpc) is 2.88. The zero-order valence-corrected chi connectivity index (χ0v) is 19.4. The van der Waals surface area contributed by atoms with Gasteiger partial charge in [0.05, 0.1) is 28.7 Å². The lowest BCUT2D eigenvalue weighted by Gasteiger charge is -2.13. The van der Waals surface area contributed by atoms with E-state index in [1.807, 2.05) is 0 Å². The van der Waals surface area contributed by atoms with Crippen molar-refractivity contribution in [1.82, 2.24) is 9.97 Å². The largest absolute Gasteiger partial charge is 0.465 e. The van der Waals surface area contributed by atoms with Crippen LogP contribution in [0.1, 0.15) is 15.9 Å². The number of nitro benzene ring substituents is 1. The number of anilines is 4. The maximum atomic E-state index is 13.0. The highest BCUT2D eigenvalue weighted by Gasteiger charge is 2.30. The number of ether oxygens (including phenoxy) is 1. The highest BCUT2D eigenvalue weighted by Crippen LogP contribution is 2.31. The van der Waals surface area contributed by atoms with E-state index in [9.17, 15) is 32.9 Å². The van der Waals surface area contributed by atoms with Crippen molar-refractivity contribution in [1.29, 1.82) is 0 Å². The molecule has 0 fully saturated rings. The topological polar surface area (TPSA) is 148 Å². The van der Waals surface area contributed by atoms with Gasteiger partial charge >= 0.3 is 18.2 Å². The van der Waals surface area contributed by atoms with Crippen LogP contribution in [0.15, 0.2) is 66.7 Å². The number of nitro groups is 1. The molecule has 0 saturated heterocycles. The minimum atomic E-state index is -4.59. The molecule has 0 aliphatic carbocycles. The number of benzene rings is 3. The SMILES string of the molecule is COC(=O)c1ccc(Nc2nc(NC(=O)Nc3cccc(C(F)(F)F)c3)nc3ccc([N+](=O)[O-])cc23)cc1. The van der Waals surface area contributed by atoms with Gasteiger partial charge in [0.25, 0.3) is 5.69 Å². The van der Waals surface area contributed by atoms with Gasteiger partial charge in [0, 0.05) is 28.9 Å². The van der Waals surface area contributed by atoms with Crippen molar-refractivity contribution in [3.8, 4) is 0 Å². The Hall–Kier alpha value is -5.27. The second-order valence-electron chi connectivity index (χ2n) is 7.71. The van der Waals surface area contributed by atoms with Gasteiger partial charge in [0.1, 0.15) is 5.82 Å². The molecule has 38 heavy (non-hydrogen) atoms. The van der Waals surface area contributed by atoms with Gasteiger partial charge in [0.2, 0.25) is 5.95 Å². The predicted molar refractivity (Wildman–Crippen MR) is 131 cm³/mol. The summed E-state index contributed by atoms with van der Waals surface area (Å²) in [5.41, 5.74) is -0.318. The number of esters is 1. The number of alkyl halides is 3. The second-order valence-corrected chi connectivity index (χ2v) is 7.71. The monoisotopic (exact) mass is 526 g/mol. The summed E-state index contributed by atoms with van der Waals surface area (Å²) in [5, 5.41) is 19.1. The van der Waals surface area contributed by atoms with E-state index in [0.29, 0.717) is 5.69 Å². The zero-order chi connectivity index (χ0) is 27.4. The van der Waals surface area contributed by atoms with Crippen LogP contribution >= 0.6 is 0 Å². The molecule has 4 aromatic rings. The van der Waals surface area contributed by atoms with E-state index in [-0.39, 0.29) is 39.6 Å². The third-order valence-electron chi connectivity index (χ3n) is 5.13. The van der Waals surface area contributed by atoms with Crippen LogP contribution in [0.3, 0.4) is 0 Å². The van der Waals surface area contributed by atoms with Crippen LogP contribution in [0.4, 0.5) is 46.8 Å². The summed E-state index contributed by atoms with van der Waals surface area (Å²) >= 11 is 0. The fraction of sp³-hybridized carbons (Fsp3) is 0.0833. The van der Waals surface area contributed by atoms with Gasteiger partial charge in [-0.2, -0.15) is 18.2 Å². The number of urea groups is 1. The van der Waals surface area contributed by atoms with Gasteiger partial charge in [-0.15, -0.1) is 0 Å². The molecule has 2 amide bonds. The van der Waals surface area contributed by atoms with E-state index >= 15 is 0 Å². The van der Waals surface area contributed by atoms with Crippen molar-refractivity contribution in [3.63, 3.8) is 0 Å². The van der Waals surface area contributed by atoms with Gasteiger partial charge in [-0.1, -0.05) is 6.07 Å². The van der Waals surface area contributed by atoms with Crippen LogP contribution in [-0.4, -0.2) is 34.0 Å². The van der Waals surface area contributed by atoms with Gasteiger partial charge in [-0.05, 0) is 48.5 Å². The Morgan fingerprint density at radius 2 is 1.68 bits per heavy atom. The predicted octanol–water partition coefficient (Wildman–Crippen LogP) is 5.73. The second kappa shape index (κ2) is 10.4. The molecule has 0 aliphatic heterocycles. The first-order valence-electron chi connectivity index (χ1n) is 10.7. The smallest absolute Gasteiger partial charge is 0.416 e. The van der Waals surface area contributed by atoms with Gasteiger partial charge in [-0.25, -0.2) is 14.6 Å². The first kappa shape index (κ1) is 25.8. The Labute approximate surface area is 211 Å². The molecule has 0 radical (unpaired) electrons. The van der Waals surface area contributed by atoms with Gasteiger partial charge in [0.15, 0.2) is 0 Å². The molecular weight excluding hydrogens is 509 g/mol. The zero-order valence-electron chi connectivity index (χ0n) is 19.4. The molecule has 0 atom stereocenters. The van der Waals surface area contributed by atoms with Gasteiger partial charge in [-0.3, -0.25) is 15.4 Å². The van der Waals surface area contributed by atoms with Crippen molar-refractivity contribution in [3.05, 3.63) is 88.0 Å². The lowest BCUT2D eigenvalue weighted by molar-refractivity contribution is -0.384. The van der Waals surface area contributed by atoms with Crippen LogP contribution in [0.2, 0.25) is 0 Å². The standard InChI is InChI=1S/C24H17F3N6O5/c1-38-21(34)13-5-7-15(8-6-13)28-20-18-12-17(33(36)37)9-10-19(18)30-22(31-20)32-23(35)29-16-4-2-3-14(11-16)24(25,26)27/h2-12H,1H3,(H3,28,29,30,31,32,35). The normalized spacial score (nSPS) is 11.1. The number of hydrogen-bond acceptors (Lipinski definition) is 8. The van der Waals surface area contributed by atoms with Crippen molar-refractivity contribution in [2.45, 2.75) is 6.18 Å². The number of carbonyl (C=O) groups is 2. The first-order chi connectivity index (χ1) is 18.0. The number of amides is 2. The molecule has 1 aromatic heterocycles. The summed E-state index contributed by atoms with van der Waals surface area (Å²) in [4.78, 5) is 43.2. The Balaban J connectivity index is 1.64. The van der Waals surface area contributed by atoms with Crippen molar-refractivity contribution < 1.29 is 32.4 Å².